The number of hydrogen-bond acceptors (Lipinski definition) is 1. The van der Waals surface area contributed by atoms with Crippen LogP contribution >= 0.6 is 0 Å². The lowest BCUT2D eigenvalue weighted by atomic mass is 9.76. The van der Waals surface area contributed by atoms with E-state index in [1.807, 2.05) is 0 Å². The van der Waals surface area contributed by atoms with Crippen molar-refractivity contribution in [3.8, 4) is 0 Å². The van der Waals surface area contributed by atoms with Gasteiger partial charge >= 0.3 is 0 Å². The summed E-state index contributed by atoms with van der Waals surface area (Å²) in [6, 6.07) is 0. The molecule has 2 aliphatic heterocycles. The molecule has 0 aromatic heterocycles. The number of rotatable bonds is 2. The third kappa shape index (κ3) is 3.25. The van der Waals surface area contributed by atoms with Gasteiger partial charge in [0.05, 0.1) is 5.41 Å². The molecule has 0 saturated carbocycles. The van der Waals surface area contributed by atoms with Crippen LogP contribution in [0.25, 0.3) is 0 Å². The smallest absolute Gasteiger partial charge is 0.213 e. The third-order valence-corrected chi connectivity index (χ3v) is 9.74. The molecule has 0 spiro atoms. The van der Waals surface area contributed by atoms with E-state index in [1.165, 1.54) is 78.4 Å². The van der Waals surface area contributed by atoms with Crippen LogP contribution in [-0.2, 0) is 10.8 Å². The Bertz CT molecular complexity index is 1370. The van der Waals surface area contributed by atoms with Gasteiger partial charge in [0.25, 0.3) is 0 Å². The minimum absolute atomic E-state index is 0.0339. The van der Waals surface area contributed by atoms with Gasteiger partial charge in [0.1, 0.15) is 7.05 Å². The van der Waals surface area contributed by atoms with Gasteiger partial charge in [0, 0.05) is 41.1 Å². The summed E-state index contributed by atoms with van der Waals surface area (Å²) in [5.41, 5.74) is 19.8. The maximum absolute atomic E-state index is 2.43. The van der Waals surface area contributed by atoms with Gasteiger partial charge in [-0.15, -0.1) is 0 Å². The van der Waals surface area contributed by atoms with Gasteiger partial charge in [-0.3, -0.25) is 0 Å². The normalized spacial score (nSPS) is 19.4. The zero-order valence-corrected chi connectivity index (χ0v) is 24.6. The Labute approximate surface area is 214 Å². The van der Waals surface area contributed by atoms with Crippen LogP contribution in [0.15, 0.2) is 23.9 Å². The summed E-state index contributed by atoms with van der Waals surface area (Å²) in [4.78, 5) is 2.43. The molecule has 0 amide bonds. The summed E-state index contributed by atoms with van der Waals surface area (Å²) in [6.07, 6.45) is 6.98. The first-order chi connectivity index (χ1) is 16.1. The summed E-state index contributed by atoms with van der Waals surface area (Å²) < 4.78 is 2.43. The molecule has 186 valence electrons. The van der Waals surface area contributed by atoms with Crippen LogP contribution in [0.2, 0.25) is 0 Å². The topological polar surface area (TPSA) is 6.25 Å². The molecule has 0 unspecified atom stereocenters. The van der Waals surface area contributed by atoms with E-state index in [2.05, 4.69) is 125 Å². The van der Waals surface area contributed by atoms with E-state index in [0.717, 1.165) is 0 Å². The average Bonchev–Trinajstić information content (AvgIpc) is 3.11. The SMILES string of the molecule is Cc1c(C)c(C)c2c(c1C)N(C)C(=CC=CC1=[N+](C)c3c(C)c(C)c(C)c(C)c3C1(C)C)C2(C)C. The molecular formula is C33H45N2+. The molecule has 0 radical (unpaired) electrons. The molecule has 35 heavy (non-hydrogen) atoms. The highest BCUT2D eigenvalue weighted by Crippen LogP contribution is 2.51. The quantitative estimate of drug-likeness (QED) is 0.404. The summed E-state index contributed by atoms with van der Waals surface area (Å²) in [5.74, 6) is 0. The van der Waals surface area contributed by atoms with Crippen LogP contribution in [0.3, 0.4) is 0 Å². The maximum Gasteiger partial charge on any atom is 0.213 e. The van der Waals surface area contributed by atoms with Crippen molar-refractivity contribution < 1.29 is 4.58 Å². The Morgan fingerprint density at radius 3 is 1.69 bits per heavy atom. The number of likely N-dealkylation sites (N-methyl/N-ethyl adjacent to an activating group) is 1. The first kappa shape index (κ1) is 25.5. The highest BCUT2D eigenvalue weighted by molar-refractivity contribution is 6.04. The highest BCUT2D eigenvalue weighted by Gasteiger charge is 2.46. The first-order valence-corrected chi connectivity index (χ1v) is 13.0. The van der Waals surface area contributed by atoms with Gasteiger partial charge in [-0.25, -0.2) is 0 Å². The Balaban J connectivity index is 1.82. The van der Waals surface area contributed by atoms with Crippen LogP contribution in [0.4, 0.5) is 11.4 Å². The van der Waals surface area contributed by atoms with Crippen LogP contribution in [0.5, 0.6) is 0 Å². The first-order valence-electron chi connectivity index (χ1n) is 13.0. The summed E-state index contributed by atoms with van der Waals surface area (Å²) in [5, 5.41) is 0. The number of anilines is 1. The van der Waals surface area contributed by atoms with Crippen LogP contribution in [0.1, 0.15) is 83.3 Å². The fourth-order valence-corrected chi connectivity index (χ4v) is 7.16. The van der Waals surface area contributed by atoms with Crippen molar-refractivity contribution in [2.24, 2.45) is 0 Å². The molecule has 0 fully saturated rings. The standard InChI is InChI=1S/C33H45N2/c1-18-20(3)24(7)30-28(22(18)5)32(9,10)26(34(30)13)16-15-17-27-33(11,12)29-23(6)19(2)21(4)25(8)31(29)35(27)14/h15-17H,1-14H3/q+1. The zero-order chi connectivity index (χ0) is 26.4. The minimum atomic E-state index is -0.0339. The number of fused-ring (bicyclic) bond motifs is 2. The van der Waals surface area contributed by atoms with E-state index in [9.17, 15) is 0 Å². The number of allylic oxidation sites excluding steroid dienone is 4. The fourth-order valence-electron chi connectivity index (χ4n) is 7.16. The fraction of sp³-hybridized carbons (Fsp3) is 0.485. The molecule has 2 heteroatoms. The average molecular weight is 470 g/mol. The molecule has 0 bridgehead atoms. The van der Waals surface area contributed by atoms with Crippen molar-refractivity contribution in [1.82, 2.24) is 0 Å². The number of benzene rings is 2. The molecule has 0 atom stereocenters. The predicted octanol–water partition coefficient (Wildman–Crippen LogP) is 8.03. The van der Waals surface area contributed by atoms with Gasteiger partial charge < -0.3 is 4.90 Å². The third-order valence-electron chi connectivity index (χ3n) is 9.74. The van der Waals surface area contributed by atoms with Crippen molar-refractivity contribution in [2.45, 2.75) is 93.9 Å². The Kier molecular flexibility index (Phi) is 5.79. The van der Waals surface area contributed by atoms with Gasteiger partial charge in [0.15, 0.2) is 5.71 Å². The van der Waals surface area contributed by atoms with Crippen molar-refractivity contribution in [3.05, 3.63) is 79.6 Å². The lowest BCUT2D eigenvalue weighted by molar-refractivity contribution is -0.402. The van der Waals surface area contributed by atoms with Crippen molar-refractivity contribution >= 4 is 17.1 Å². The Morgan fingerprint density at radius 1 is 0.629 bits per heavy atom. The second-order valence-corrected chi connectivity index (χ2v) is 12.1. The van der Waals surface area contributed by atoms with E-state index in [1.54, 1.807) is 0 Å². The maximum atomic E-state index is 2.43. The molecule has 2 aromatic carbocycles. The van der Waals surface area contributed by atoms with E-state index < -0.39 is 0 Å². The molecular weight excluding hydrogens is 424 g/mol. The van der Waals surface area contributed by atoms with Crippen molar-refractivity contribution in [1.29, 1.82) is 0 Å². The van der Waals surface area contributed by atoms with Gasteiger partial charge in [-0.1, -0.05) is 19.9 Å². The zero-order valence-electron chi connectivity index (χ0n) is 24.6. The monoisotopic (exact) mass is 469 g/mol. The van der Waals surface area contributed by atoms with Crippen LogP contribution < -0.4 is 4.90 Å². The molecule has 2 aliphatic rings. The molecule has 2 heterocycles. The largest absolute Gasteiger partial charge is 0.347 e. The summed E-state index contributed by atoms with van der Waals surface area (Å²) >= 11 is 0. The number of hydrogen-bond donors (Lipinski definition) is 0. The second kappa shape index (κ2) is 7.95. The summed E-state index contributed by atoms with van der Waals surface area (Å²) in [6.45, 7) is 27.7. The molecule has 0 N–H and O–H groups in total. The Morgan fingerprint density at radius 2 is 1.11 bits per heavy atom. The number of nitrogens with zero attached hydrogens (tertiary/aromatic N) is 2. The molecule has 0 saturated heterocycles. The minimum Gasteiger partial charge on any atom is -0.347 e. The molecule has 4 rings (SSSR count). The lowest BCUT2D eigenvalue weighted by Crippen LogP contribution is -2.27. The Hall–Kier alpha value is -2.61. The van der Waals surface area contributed by atoms with Crippen molar-refractivity contribution in [3.63, 3.8) is 0 Å². The van der Waals surface area contributed by atoms with Crippen LogP contribution in [0, 0.1) is 55.4 Å². The van der Waals surface area contributed by atoms with E-state index >= 15 is 0 Å². The van der Waals surface area contributed by atoms with E-state index in [-0.39, 0.29) is 10.8 Å². The molecule has 2 nitrogen and oxygen atoms in total. The molecule has 0 aliphatic carbocycles. The lowest BCUT2D eigenvalue weighted by Gasteiger charge is -2.25. The van der Waals surface area contributed by atoms with Gasteiger partial charge in [-0.2, -0.15) is 4.58 Å². The van der Waals surface area contributed by atoms with E-state index in [0.29, 0.717) is 0 Å². The van der Waals surface area contributed by atoms with Crippen molar-refractivity contribution in [2.75, 3.05) is 19.0 Å². The predicted molar refractivity (Wildman–Crippen MR) is 153 cm³/mol. The van der Waals surface area contributed by atoms with Gasteiger partial charge in [-0.05, 0) is 120 Å². The van der Waals surface area contributed by atoms with Gasteiger partial charge in [0.2, 0.25) is 5.69 Å². The van der Waals surface area contributed by atoms with Crippen LogP contribution in [-0.4, -0.2) is 24.4 Å². The van der Waals surface area contributed by atoms with E-state index in [4.69, 9.17) is 0 Å². The summed E-state index contributed by atoms with van der Waals surface area (Å²) in [7, 11) is 4.47. The molecule has 2 aromatic rings. The highest BCUT2D eigenvalue weighted by atomic mass is 15.2. The second-order valence-electron chi connectivity index (χ2n) is 12.1.